The molecule has 0 bridgehead atoms. The maximum absolute atomic E-state index is 12.2. The van der Waals surface area contributed by atoms with Crippen molar-refractivity contribution in [3.05, 3.63) is 48.0 Å². The topological polar surface area (TPSA) is 69.6 Å². The molecule has 0 fully saturated rings. The second-order valence-electron chi connectivity index (χ2n) is 4.93. The average Bonchev–Trinajstić information content (AvgIpc) is 2.48. The van der Waals surface area contributed by atoms with E-state index in [0.717, 1.165) is 6.42 Å². The van der Waals surface area contributed by atoms with E-state index in [4.69, 9.17) is 0 Å². The van der Waals surface area contributed by atoms with Crippen LogP contribution >= 0.6 is 0 Å². The standard InChI is InChI=1S/C15H18N2O3/c1-15(13(18)19,12-8-4-2-5-9-12)16-14(20)17-10-6-3-7-11-17/h2-6,8-9H,7,10-11H2,1H3,(H,16,20)(H,18,19). The number of amides is 2. The van der Waals surface area contributed by atoms with E-state index < -0.39 is 11.5 Å². The predicted molar refractivity (Wildman–Crippen MR) is 75.3 cm³/mol. The largest absolute Gasteiger partial charge is 0.479 e. The summed E-state index contributed by atoms with van der Waals surface area (Å²) in [6.45, 7) is 2.62. The van der Waals surface area contributed by atoms with E-state index in [2.05, 4.69) is 5.32 Å². The van der Waals surface area contributed by atoms with Gasteiger partial charge in [-0.25, -0.2) is 9.59 Å². The van der Waals surface area contributed by atoms with Gasteiger partial charge in [-0.15, -0.1) is 0 Å². The van der Waals surface area contributed by atoms with Crippen molar-refractivity contribution in [2.45, 2.75) is 18.9 Å². The molecule has 0 radical (unpaired) electrons. The van der Waals surface area contributed by atoms with Gasteiger partial charge < -0.3 is 15.3 Å². The number of carbonyl (C=O) groups excluding carboxylic acids is 1. The van der Waals surface area contributed by atoms with Crippen molar-refractivity contribution < 1.29 is 14.7 Å². The van der Waals surface area contributed by atoms with Crippen molar-refractivity contribution in [2.75, 3.05) is 13.1 Å². The number of aliphatic carboxylic acids is 1. The summed E-state index contributed by atoms with van der Waals surface area (Å²) >= 11 is 0. The number of carboxylic acid groups (broad SMARTS) is 1. The molecule has 2 rings (SSSR count). The summed E-state index contributed by atoms with van der Waals surface area (Å²) in [7, 11) is 0. The fourth-order valence-electron chi connectivity index (χ4n) is 2.14. The molecule has 0 saturated heterocycles. The van der Waals surface area contributed by atoms with Gasteiger partial charge in [0.15, 0.2) is 5.54 Å². The Balaban J connectivity index is 2.19. The van der Waals surface area contributed by atoms with E-state index >= 15 is 0 Å². The number of nitrogens with zero attached hydrogens (tertiary/aromatic N) is 1. The zero-order chi connectivity index (χ0) is 14.6. The minimum atomic E-state index is -1.43. The smallest absolute Gasteiger partial charge is 0.333 e. The van der Waals surface area contributed by atoms with Crippen LogP contribution in [-0.4, -0.2) is 35.1 Å². The van der Waals surface area contributed by atoms with E-state index in [-0.39, 0.29) is 6.03 Å². The summed E-state index contributed by atoms with van der Waals surface area (Å²) in [5.74, 6) is -1.08. The normalized spacial score (nSPS) is 17.4. The second-order valence-corrected chi connectivity index (χ2v) is 4.93. The zero-order valence-corrected chi connectivity index (χ0v) is 11.4. The van der Waals surface area contributed by atoms with Crippen molar-refractivity contribution in [1.82, 2.24) is 10.2 Å². The molecule has 0 saturated carbocycles. The molecule has 20 heavy (non-hydrogen) atoms. The van der Waals surface area contributed by atoms with Gasteiger partial charge in [0.1, 0.15) is 0 Å². The van der Waals surface area contributed by atoms with Crippen LogP contribution in [-0.2, 0) is 10.3 Å². The van der Waals surface area contributed by atoms with Gasteiger partial charge in [0, 0.05) is 13.1 Å². The van der Waals surface area contributed by atoms with Gasteiger partial charge in [-0.05, 0) is 18.9 Å². The van der Waals surface area contributed by atoms with Crippen LogP contribution in [0.15, 0.2) is 42.5 Å². The van der Waals surface area contributed by atoms with Gasteiger partial charge in [-0.1, -0.05) is 42.5 Å². The quantitative estimate of drug-likeness (QED) is 0.828. The third kappa shape index (κ3) is 2.82. The molecule has 0 aliphatic carbocycles. The first-order valence-corrected chi connectivity index (χ1v) is 6.55. The predicted octanol–water partition coefficient (Wildman–Crippen LogP) is 1.96. The van der Waals surface area contributed by atoms with Gasteiger partial charge >= 0.3 is 12.0 Å². The Morgan fingerprint density at radius 2 is 1.95 bits per heavy atom. The number of nitrogens with one attached hydrogen (secondary N) is 1. The zero-order valence-electron chi connectivity index (χ0n) is 11.4. The lowest BCUT2D eigenvalue weighted by Gasteiger charge is -2.31. The highest BCUT2D eigenvalue weighted by Crippen LogP contribution is 2.21. The summed E-state index contributed by atoms with van der Waals surface area (Å²) in [6, 6.07) is 8.36. The maximum atomic E-state index is 12.2. The Morgan fingerprint density at radius 1 is 1.25 bits per heavy atom. The molecule has 5 nitrogen and oxygen atoms in total. The fourth-order valence-corrected chi connectivity index (χ4v) is 2.14. The maximum Gasteiger partial charge on any atom is 0.333 e. The van der Waals surface area contributed by atoms with Crippen LogP contribution in [0.2, 0.25) is 0 Å². The second kappa shape index (κ2) is 5.77. The Morgan fingerprint density at radius 3 is 2.50 bits per heavy atom. The molecule has 2 amide bonds. The van der Waals surface area contributed by atoms with Crippen LogP contribution in [0.5, 0.6) is 0 Å². The minimum absolute atomic E-state index is 0.358. The summed E-state index contributed by atoms with van der Waals surface area (Å²) in [6.07, 6.45) is 4.71. The number of hydrogen-bond acceptors (Lipinski definition) is 2. The lowest BCUT2D eigenvalue weighted by atomic mass is 9.92. The molecule has 106 valence electrons. The van der Waals surface area contributed by atoms with Gasteiger partial charge in [0.25, 0.3) is 0 Å². The number of carbonyl (C=O) groups is 2. The molecular formula is C15H18N2O3. The molecule has 1 aliphatic heterocycles. The summed E-state index contributed by atoms with van der Waals surface area (Å²) < 4.78 is 0. The highest BCUT2D eigenvalue weighted by atomic mass is 16.4. The van der Waals surface area contributed by atoms with Crippen LogP contribution in [0.4, 0.5) is 4.79 Å². The Bertz CT molecular complexity index is 527. The van der Waals surface area contributed by atoms with Crippen LogP contribution in [0.3, 0.4) is 0 Å². The van der Waals surface area contributed by atoms with E-state index in [1.54, 1.807) is 29.2 Å². The van der Waals surface area contributed by atoms with Crippen molar-refractivity contribution in [3.8, 4) is 0 Å². The van der Waals surface area contributed by atoms with Gasteiger partial charge in [0.05, 0.1) is 0 Å². The van der Waals surface area contributed by atoms with E-state index in [1.165, 1.54) is 6.92 Å². The number of carboxylic acids is 1. The molecule has 0 spiro atoms. The molecular weight excluding hydrogens is 256 g/mol. The van der Waals surface area contributed by atoms with Crippen molar-refractivity contribution in [2.24, 2.45) is 0 Å². The summed E-state index contributed by atoms with van der Waals surface area (Å²) in [4.78, 5) is 25.4. The first-order valence-electron chi connectivity index (χ1n) is 6.55. The van der Waals surface area contributed by atoms with E-state index in [9.17, 15) is 14.7 Å². The molecule has 2 N–H and O–H groups in total. The molecule has 1 unspecified atom stereocenters. The third-order valence-corrected chi connectivity index (χ3v) is 3.48. The SMILES string of the molecule is CC(NC(=O)N1CC=CCC1)(C(=O)O)c1ccccc1. The number of hydrogen-bond donors (Lipinski definition) is 2. The van der Waals surface area contributed by atoms with Crippen molar-refractivity contribution >= 4 is 12.0 Å². The first kappa shape index (κ1) is 14.1. The van der Waals surface area contributed by atoms with Gasteiger partial charge in [-0.3, -0.25) is 0 Å². The van der Waals surface area contributed by atoms with E-state index in [1.807, 2.05) is 18.2 Å². The summed E-state index contributed by atoms with van der Waals surface area (Å²) in [5.41, 5.74) is -0.882. The third-order valence-electron chi connectivity index (χ3n) is 3.48. The van der Waals surface area contributed by atoms with Crippen LogP contribution < -0.4 is 5.32 Å². The fraction of sp³-hybridized carbons (Fsp3) is 0.333. The Kier molecular flexibility index (Phi) is 4.08. The van der Waals surface area contributed by atoms with Gasteiger partial charge in [0.2, 0.25) is 0 Å². The lowest BCUT2D eigenvalue weighted by molar-refractivity contribution is -0.144. The van der Waals surface area contributed by atoms with Gasteiger partial charge in [-0.2, -0.15) is 0 Å². The van der Waals surface area contributed by atoms with Crippen molar-refractivity contribution in [1.29, 1.82) is 0 Å². The Labute approximate surface area is 117 Å². The molecule has 1 atom stereocenters. The first-order chi connectivity index (χ1) is 9.54. The molecule has 1 aromatic carbocycles. The summed E-state index contributed by atoms with van der Waals surface area (Å²) in [5, 5.41) is 12.1. The molecule has 0 aromatic heterocycles. The Hall–Kier alpha value is -2.30. The molecule has 1 aromatic rings. The van der Waals surface area contributed by atoms with Crippen molar-refractivity contribution in [3.63, 3.8) is 0 Å². The highest BCUT2D eigenvalue weighted by Gasteiger charge is 2.37. The molecule has 1 heterocycles. The van der Waals surface area contributed by atoms with Crippen LogP contribution in [0.1, 0.15) is 18.9 Å². The monoisotopic (exact) mass is 274 g/mol. The highest BCUT2D eigenvalue weighted by molar-refractivity contribution is 5.87. The lowest BCUT2D eigenvalue weighted by Crippen LogP contribution is -2.54. The van der Waals surface area contributed by atoms with E-state index in [0.29, 0.717) is 18.7 Å². The number of rotatable bonds is 3. The van der Waals surface area contributed by atoms with Crippen LogP contribution in [0, 0.1) is 0 Å². The van der Waals surface area contributed by atoms with Crippen LogP contribution in [0.25, 0.3) is 0 Å². The molecule has 5 heteroatoms. The number of benzene rings is 1. The number of urea groups is 1. The molecule has 1 aliphatic rings. The minimum Gasteiger partial charge on any atom is -0.479 e. The average molecular weight is 274 g/mol.